The number of aliphatic imine (C=N–C) groups is 1. The maximum Gasteiger partial charge on any atom is 0.147 e. The van der Waals surface area contributed by atoms with Crippen LogP contribution >= 0.6 is 11.6 Å². The van der Waals surface area contributed by atoms with E-state index >= 15 is 0 Å². The number of amidine groups is 1. The minimum atomic E-state index is -0.255. The molecule has 0 aliphatic carbocycles. The number of anilines is 1. The van der Waals surface area contributed by atoms with Crippen LogP contribution in [0, 0.1) is 12.7 Å². The number of hydrogen-bond donors (Lipinski definition) is 1. The Bertz CT molecular complexity index is 1190. The molecule has 7 nitrogen and oxygen atoms in total. The summed E-state index contributed by atoms with van der Waals surface area (Å²) in [5, 5.41) is 0.638. The first-order valence-electron chi connectivity index (χ1n) is 12.7. The van der Waals surface area contributed by atoms with Gasteiger partial charge in [-0.25, -0.2) is 14.4 Å². The van der Waals surface area contributed by atoms with Crippen molar-refractivity contribution in [1.29, 1.82) is 0 Å². The second-order valence-electron chi connectivity index (χ2n) is 9.69. The number of ether oxygens (including phenoxy) is 1. The maximum absolute atomic E-state index is 13.9. The van der Waals surface area contributed by atoms with E-state index in [9.17, 15) is 4.39 Å². The third-order valence-corrected chi connectivity index (χ3v) is 7.34. The van der Waals surface area contributed by atoms with E-state index in [1.54, 1.807) is 32.4 Å². The van der Waals surface area contributed by atoms with Crippen molar-refractivity contribution in [3.8, 4) is 0 Å². The number of nitrogens with zero attached hydrogens (tertiary/aromatic N) is 5. The summed E-state index contributed by atoms with van der Waals surface area (Å²) in [5.74, 6) is 1.95. The summed E-state index contributed by atoms with van der Waals surface area (Å²) in [7, 11) is 1.72. The summed E-state index contributed by atoms with van der Waals surface area (Å²) in [4.78, 5) is 16.1. The number of aryl methyl sites for hydroxylation is 1. The summed E-state index contributed by atoms with van der Waals surface area (Å²) >= 11 is 6.42. The van der Waals surface area contributed by atoms with Gasteiger partial charge >= 0.3 is 0 Å². The average molecular weight is 527 g/mol. The van der Waals surface area contributed by atoms with Crippen LogP contribution in [-0.2, 0) is 4.74 Å². The van der Waals surface area contributed by atoms with Gasteiger partial charge in [-0.3, -0.25) is 0 Å². The highest BCUT2D eigenvalue weighted by Crippen LogP contribution is 2.27. The van der Waals surface area contributed by atoms with Gasteiger partial charge in [0.05, 0.1) is 17.7 Å². The van der Waals surface area contributed by atoms with Gasteiger partial charge in [0.2, 0.25) is 0 Å². The third-order valence-electron chi connectivity index (χ3n) is 7.05. The van der Waals surface area contributed by atoms with E-state index in [-0.39, 0.29) is 17.9 Å². The van der Waals surface area contributed by atoms with Gasteiger partial charge in [0.15, 0.2) is 0 Å². The molecule has 9 heteroatoms. The van der Waals surface area contributed by atoms with Gasteiger partial charge in [0.1, 0.15) is 23.3 Å². The molecule has 2 atom stereocenters. The van der Waals surface area contributed by atoms with Crippen molar-refractivity contribution in [2.45, 2.75) is 38.8 Å². The van der Waals surface area contributed by atoms with Crippen molar-refractivity contribution < 1.29 is 9.13 Å². The monoisotopic (exact) mass is 526 g/mol. The molecule has 2 aliphatic heterocycles. The maximum atomic E-state index is 13.9. The van der Waals surface area contributed by atoms with Gasteiger partial charge in [0.25, 0.3) is 0 Å². The quantitative estimate of drug-likeness (QED) is 0.417. The largest absolute Gasteiger partial charge is 0.398 e. The van der Waals surface area contributed by atoms with Crippen LogP contribution < -0.4 is 10.6 Å². The number of likely N-dealkylation sites (tertiary alicyclic amines) is 1. The van der Waals surface area contributed by atoms with E-state index in [2.05, 4.69) is 33.2 Å². The number of benzene rings is 1. The first kappa shape index (κ1) is 26.9. The van der Waals surface area contributed by atoms with Gasteiger partial charge in [-0.05, 0) is 68.1 Å². The number of pyridine rings is 1. The Hall–Kier alpha value is -3.10. The van der Waals surface area contributed by atoms with Gasteiger partial charge < -0.3 is 25.2 Å². The van der Waals surface area contributed by atoms with Crippen LogP contribution in [0.3, 0.4) is 0 Å². The Labute approximate surface area is 224 Å². The highest BCUT2D eigenvalue weighted by atomic mass is 35.5. The molecule has 2 fully saturated rings. The lowest BCUT2D eigenvalue weighted by Gasteiger charge is -2.42. The highest BCUT2D eigenvalue weighted by molar-refractivity contribution is 6.32. The minimum Gasteiger partial charge on any atom is -0.398 e. The van der Waals surface area contributed by atoms with Gasteiger partial charge in [-0.15, -0.1) is 0 Å². The van der Waals surface area contributed by atoms with Crippen LogP contribution in [0.1, 0.15) is 30.9 Å². The number of piperazine rings is 1. The Morgan fingerprint density at radius 3 is 2.81 bits per heavy atom. The number of rotatable bonds is 7. The van der Waals surface area contributed by atoms with Crippen molar-refractivity contribution in [2.75, 3.05) is 44.8 Å². The minimum absolute atomic E-state index is 0.103. The smallest absolute Gasteiger partial charge is 0.147 e. The summed E-state index contributed by atoms with van der Waals surface area (Å²) in [6, 6.07) is 8.95. The van der Waals surface area contributed by atoms with E-state index in [1.807, 2.05) is 18.2 Å². The second kappa shape index (κ2) is 12.0. The average Bonchev–Trinajstić information content (AvgIpc) is 3.34. The molecule has 2 saturated heterocycles. The van der Waals surface area contributed by atoms with Crippen molar-refractivity contribution in [3.63, 3.8) is 0 Å². The topological polar surface area (TPSA) is 70.2 Å². The van der Waals surface area contributed by atoms with E-state index < -0.39 is 0 Å². The molecular weight excluding hydrogens is 491 g/mol. The van der Waals surface area contributed by atoms with E-state index in [0.29, 0.717) is 35.3 Å². The number of halogens is 2. The molecule has 0 unspecified atom stereocenters. The summed E-state index contributed by atoms with van der Waals surface area (Å²) < 4.78 is 19.3. The molecule has 2 aliphatic rings. The molecular formula is C28H36ClFN6O. The fourth-order valence-corrected chi connectivity index (χ4v) is 5.31. The van der Waals surface area contributed by atoms with Crippen LogP contribution in [0.15, 0.2) is 60.0 Å². The third kappa shape index (κ3) is 6.25. The highest BCUT2D eigenvalue weighted by Gasteiger charge is 2.29. The van der Waals surface area contributed by atoms with Crippen LogP contribution in [0.2, 0.25) is 5.02 Å². The summed E-state index contributed by atoms with van der Waals surface area (Å²) in [5.41, 5.74) is 8.36. The number of nitrogens with two attached hydrogens (primary N) is 1. The molecule has 1 aromatic carbocycles. The Kier molecular flexibility index (Phi) is 8.71. The van der Waals surface area contributed by atoms with E-state index in [4.69, 9.17) is 27.1 Å². The molecule has 0 radical (unpaired) electrons. The number of methoxy groups -OCH3 is 1. The Morgan fingerprint density at radius 2 is 2.11 bits per heavy atom. The molecule has 0 bridgehead atoms. The van der Waals surface area contributed by atoms with Crippen LogP contribution in [0.4, 0.5) is 10.2 Å². The fourth-order valence-electron chi connectivity index (χ4n) is 5.06. The lowest BCUT2D eigenvalue weighted by atomic mass is 10.1. The van der Waals surface area contributed by atoms with E-state index in [1.165, 1.54) is 6.07 Å². The molecule has 0 saturated carbocycles. The fraction of sp³-hybridized carbons (Fsp3) is 0.429. The molecule has 2 N–H and O–H groups in total. The molecule has 2 aromatic rings. The Morgan fingerprint density at radius 1 is 1.30 bits per heavy atom. The van der Waals surface area contributed by atoms with E-state index in [0.717, 1.165) is 49.7 Å². The van der Waals surface area contributed by atoms with Crippen LogP contribution in [-0.4, -0.2) is 72.6 Å². The summed E-state index contributed by atoms with van der Waals surface area (Å²) in [6.45, 7) is 11.9. The van der Waals surface area contributed by atoms with Gasteiger partial charge in [-0.2, -0.15) is 0 Å². The Balaban J connectivity index is 1.64. The molecule has 0 spiro atoms. The molecule has 0 amide bonds. The molecule has 37 heavy (non-hydrogen) atoms. The first-order valence-corrected chi connectivity index (χ1v) is 13.0. The van der Waals surface area contributed by atoms with Gasteiger partial charge in [0, 0.05) is 57.3 Å². The first-order chi connectivity index (χ1) is 17.8. The number of hydrogen-bond acceptors (Lipinski definition) is 6. The normalized spacial score (nSPS) is 21.1. The van der Waals surface area contributed by atoms with Crippen molar-refractivity contribution in [1.82, 2.24) is 14.8 Å². The van der Waals surface area contributed by atoms with Crippen molar-refractivity contribution in [2.24, 2.45) is 10.7 Å². The van der Waals surface area contributed by atoms with Crippen molar-refractivity contribution in [3.05, 3.63) is 77.0 Å². The molecule has 3 heterocycles. The molecule has 198 valence electrons. The van der Waals surface area contributed by atoms with Crippen LogP contribution in [0.25, 0.3) is 5.70 Å². The summed E-state index contributed by atoms with van der Waals surface area (Å²) in [6.07, 6.45) is 5.75. The zero-order chi connectivity index (χ0) is 26.5. The SMILES string of the molecule is C=C(/N=C(\C=C(/N)c1ccc(F)c(C)c1)N1CCN(c2ncccc2Cl)C[C@H]1C)N1CCC[C@H]1COC. The lowest BCUT2D eigenvalue weighted by molar-refractivity contribution is 0.132. The standard InChI is InChI=1S/C28H36ClFN6O/c1-19-15-22(9-10-25(19)30)26(31)16-27(33-21(3)36-12-6-7-23(36)18-37-4)35-14-13-34(17-20(35)2)28-24(29)8-5-11-32-28/h5,8-11,15-16,20,23H,3,6-7,12-14,17-18,31H2,1-2,4H3/b26-16-,33-27+/t20-,23+/m1/s1. The predicted octanol–water partition coefficient (Wildman–Crippen LogP) is 4.67. The molecule has 1 aromatic heterocycles. The zero-order valence-electron chi connectivity index (χ0n) is 21.8. The lowest BCUT2D eigenvalue weighted by Crippen LogP contribution is -2.54. The van der Waals surface area contributed by atoms with Gasteiger partial charge in [-0.1, -0.05) is 18.2 Å². The molecule has 4 rings (SSSR count). The predicted molar refractivity (Wildman–Crippen MR) is 149 cm³/mol. The van der Waals surface area contributed by atoms with Crippen LogP contribution in [0.5, 0.6) is 0 Å². The second-order valence-corrected chi connectivity index (χ2v) is 10.1. The van der Waals surface area contributed by atoms with Crippen molar-refractivity contribution >= 4 is 29.0 Å². The number of aromatic nitrogens is 1. The zero-order valence-corrected chi connectivity index (χ0v) is 22.6.